The van der Waals surface area contributed by atoms with E-state index < -0.39 is 5.97 Å². The molecule has 2 aromatic heterocycles. The van der Waals surface area contributed by atoms with Gasteiger partial charge in [0.1, 0.15) is 0 Å². The molecule has 0 spiro atoms. The summed E-state index contributed by atoms with van der Waals surface area (Å²) in [5.41, 5.74) is 2.70. The van der Waals surface area contributed by atoms with Gasteiger partial charge in [0.2, 0.25) is 0 Å². The molecular formula is C19H20N4O3. The van der Waals surface area contributed by atoms with E-state index in [-0.39, 0.29) is 18.9 Å². The SMILES string of the molecule is CCn1ncc2c(C(=O)N(C)CCC(=O)O)cc(-c3ccccc3)nc21. The van der Waals surface area contributed by atoms with Gasteiger partial charge in [-0.25, -0.2) is 9.67 Å². The summed E-state index contributed by atoms with van der Waals surface area (Å²) in [5, 5.41) is 13.8. The Morgan fingerprint density at radius 1 is 1.23 bits per heavy atom. The third-order valence-electron chi connectivity index (χ3n) is 4.22. The van der Waals surface area contributed by atoms with Gasteiger partial charge in [0.05, 0.1) is 29.3 Å². The van der Waals surface area contributed by atoms with E-state index in [0.29, 0.717) is 28.8 Å². The number of carboxylic acids is 1. The Balaban J connectivity index is 2.09. The van der Waals surface area contributed by atoms with Crippen molar-refractivity contribution in [2.75, 3.05) is 13.6 Å². The first-order valence-electron chi connectivity index (χ1n) is 8.40. The third kappa shape index (κ3) is 3.42. The molecule has 0 bridgehead atoms. The maximum atomic E-state index is 12.9. The van der Waals surface area contributed by atoms with E-state index in [0.717, 1.165) is 5.56 Å². The zero-order valence-electron chi connectivity index (χ0n) is 14.7. The van der Waals surface area contributed by atoms with Gasteiger partial charge in [0.25, 0.3) is 5.91 Å². The first-order chi connectivity index (χ1) is 12.5. The van der Waals surface area contributed by atoms with Crippen molar-refractivity contribution < 1.29 is 14.7 Å². The molecule has 0 saturated heterocycles. The topological polar surface area (TPSA) is 88.3 Å². The summed E-state index contributed by atoms with van der Waals surface area (Å²) in [6.07, 6.45) is 1.54. The highest BCUT2D eigenvalue weighted by Gasteiger charge is 2.20. The summed E-state index contributed by atoms with van der Waals surface area (Å²) < 4.78 is 1.75. The lowest BCUT2D eigenvalue weighted by molar-refractivity contribution is -0.137. The van der Waals surface area contributed by atoms with Crippen molar-refractivity contribution in [1.29, 1.82) is 0 Å². The van der Waals surface area contributed by atoms with Crippen molar-refractivity contribution in [1.82, 2.24) is 19.7 Å². The highest BCUT2D eigenvalue weighted by atomic mass is 16.4. The zero-order chi connectivity index (χ0) is 18.7. The van der Waals surface area contributed by atoms with Crippen LogP contribution in [0.4, 0.5) is 0 Å². The molecule has 0 unspecified atom stereocenters. The summed E-state index contributed by atoms with van der Waals surface area (Å²) in [4.78, 5) is 29.8. The van der Waals surface area contributed by atoms with E-state index in [4.69, 9.17) is 5.11 Å². The Hall–Kier alpha value is -3.22. The quantitative estimate of drug-likeness (QED) is 0.737. The van der Waals surface area contributed by atoms with Gasteiger partial charge < -0.3 is 10.0 Å². The molecule has 134 valence electrons. The molecule has 2 heterocycles. The predicted molar refractivity (Wildman–Crippen MR) is 97.9 cm³/mol. The molecule has 7 nitrogen and oxygen atoms in total. The number of rotatable bonds is 6. The number of hydrogen-bond donors (Lipinski definition) is 1. The van der Waals surface area contributed by atoms with Gasteiger partial charge in [-0.3, -0.25) is 9.59 Å². The molecule has 26 heavy (non-hydrogen) atoms. The lowest BCUT2D eigenvalue weighted by Gasteiger charge is -2.17. The summed E-state index contributed by atoms with van der Waals surface area (Å²) in [7, 11) is 1.60. The zero-order valence-corrected chi connectivity index (χ0v) is 14.7. The maximum absolute atomic E-state index is 12.9. The van der Waals surface area contributed by atoms with Gasteiger partial charge in [0, 0.05) is 25.7 Å². The molecule has 7 heteroatoms. The van der Waals surface area contributed by atoms with Crippen molar-refractivity contribution in [2.24, 2.45) is 0 Å². The number of carbonyl (C=O) groups is 2. The number of benzene rings is 1. The van der Waals surface area contributed by atoms with Crippen LogP contribution in [0.15, 0.2) is 42.6 Å². The van der Waals surface area contributed by atoms with Crippen LogP contribution < -0.4 is 0 Å². The number of carbonyl (C=O) groups excluding carboxylic acids is 1. The van der Waals surface area contributed by atoms with Gasteiger partial charge in [-0.15, -0.1) is 0 Å². The molecule has 1 amide bonds. The van der Waals surface area contributed by atoms with Crippen LogP contribution in [-0.4, -0.2) is 50.2 Å². The van der Waals surface area contributed by atoms with Crippen LogP contribution in [0.5, 0.6) is 0 Å². The van der Waals surface area contributed by atoms with Crippen molar-refractivity contribution in [3.05, 3.63) is 48.2 Å². The predicted octanol–water partition coefficient (Wildman–Crippen LogP) is 2.66. The van der Waals surface area contributed by atoms with Crippen LogP contribution in [-0.2, 0) is 11.3 Å². The van der Waals surface area contributed by atoms with Crippen molar-refractivity contribution in [2.45, 2.75) is 19.9 Å². The number of aromatic nitrogens is 3. The molecule has 1 aromatic carbocycles. The highest BCUT2D eigenvalue weighted by Crippen LogP contribution is 2.25. The number of carboxylic acid groups (broad SMARTS) is 1. The van der Waals surface area contributed by atoms with Gasteiger partial charge in [-0.05, 0) is 13.0 Å². The number of fused-ring (bicyclic) bond motifs is 1. The molecule has 0 fully saturated rings. The minimum atomic E-state index is -0.937. The molecule has 1 N–H and O–H groups in total. The first kappa shape index (κ1) is 17.6. The van der Waals surface area contributed by atoms with Crippen LogP contribution in [0.2, 0.25) is 0 Å². The molecule has 0 aliphatic rings. The lowest BCUT2D eigenvalue weighted by atomic mass is 10.1. The molecule has 3 rings (SSSR count). The fraction of sp³-hybridized carbons (Fsp3) is 0.263. The number of amides is 1. The number of aryl methyl sites for hydroxylation is 1. The van der Waals surface area contributed by atoms with E-state index in [1.54, 1.807) is 24.0 Å². The van der Waals surface area contributed by atoms with E-state index in [9.17, 15) is 9.59 Å². The van der Waals surface area contributed by atoms with Gasteiger partial charge >= 0.3 is 5.97 Å². The minimum absolute atomic E-state index is 0.101. The number of nitrogens with zero attached hydrogens (tertiary/aromatic N) is 4. The third-order valence-corrected chi connectivity index (χ3v) is 4.22. The normalized spacial score (nSPS) is 10.8. The summed E-state index contributed by atoms with van der Waals surface area (Å²) >= 11 is 0. The van der Waals surface area contributed by atoms with Crippen molar-refractivity contribution in [3.63, 3.8) is 0 Å². The highest BCUT2D eigenvalue weighted by molar-refractivity contribution is 6.06. The second-order valence-corrected chi connectivity index (χ2v) is 5.99. The molecular weight excluding hydrogens is 332 g/mol. The van der Waals surface area contributed by atoms with Crippen molar-refractivity contribution in [3.8, 4) is 11.3 Å². The standard InChI is InChI=1S/C19H20N4O3/c1-3-23-18-15(12-20-23)14(19(26)22(2)10-9-17(24)25)11-16(21-18)13-7-5-4-6-8-13/h4-8,11-12H,3,9-10H2,1-2H3,(H,24,25). The van der Waals surface area contributed by atoms with Crippen LogP contribution >= 0.6 is 0 Å². The van der Waals surface area contributed by atoms with Crippen LogP contribution in [0, 0.1) is 0 Å². The van der Waals surface area contributed by atoms with E-state index in [1.807, 2.05) is 37.3 Å². The van der Waals surface area contributed by atoms with Gasteiger partial charge in [0.15, 0.2) is 5.65 Å². The second-order valence-electron chi connectivity index (χ2n) is 5.99. The molecule has 0 radical (unpaired) electrons. The molecule has 0 saturated carbocycles. The number of hydrogen-bond acceptors (Lipinski definition) is 4. The Labute approximate surface area is 150 Å². The largest absolute Gasteiger partial charge is 0.481 e. The monoisotopic (exact) mass is 352 g/mol. The lowest BCUT2D eigenvalue weighted by Crippen LogP contribution is -2.29. The second kappa shape index (κ2) is 7.35. The average Bonchev–Trinajstić information content (AvgIpc) is 3.08. The fourth-order valence-corrected chi connectivity index (χ4v) is 2.78. The minimum Gasteiger partial charge on any atom is -0.481 e. The van der Waals surface area contributed by atoms with E-state index in [2.05, 4.69) is 10.1 Å². The van der Waals surface area contributed by atoms with Crippen molar-refractivity contribution >= 4 is 22.9 Å². The average molecular weight is 352 g/mol. The summed E-state index contributed by atoms with van der Waals surface area (Å²) in [6.45, 7) is 2.74. The molecule has 0 aliphatic carbocycles. The fourth-order valence-electron chi connectivity index (χ4n) is 2.78. The van der Waals surface area contributed by atoms with Crippen LogP contribution in [0.25, 0.3) is 22.3 Å². The first-order valence-corrected chi connectivity index (χ1v) is 8.40. The van der Waals surface area contributed by atoms with Gasteiger partial charge in [-0.1, -0.05) is 30.3 Å². The van der Waals surface area contributed by atoms with Crippen LogP contribution in [0.1, 0.15) is 23.7 Å². The number of pyridine rings is 1. The Morgan fingerprint density at radius 2 is 1.96 bits per heavy atom. The van der Waals surface area contributed by atoms with E-state index in [1.165, 1.54) is 4.90 Å². The smallest absolute Gasteiger partial charge is 0.305 e. The molecule has 3 aromatic rings. The Morgan fingerprint density at radius 3 is 2.62 bits per heavy atom. The molecule has 0 atom stereocenters. The summed E-state index contributed by atoms with van der Waals surface area (Å²) in [6, 6.07) is 11.4. The Kier molecular flexibility index (Phi) is 4.97. The maximum Gasteiger partial charge on any atom is 0.305 e. The Bertz CT molecular complexity index is 950. The van der Waals surface area contributed by atoms with Gasteiger partial charge in [-0.2, -0.15) is 5.10 Å². The number of aliphatic carboxylic acids is 1. The van der Waals surface area contributed by atoms with E-state index >= 15 is 0 Å². The summed E-state index contributed by atoms with van der Waals surface area (Å²) in [5.74, 6) is -1.18. The molecule has 0 aliphatic heterocycles. The van der Waals surface area contributed by atoms with Crippen LogP contribution in [0.3, 0.4) is 0 Å².